The average molecular weight is 772 g/mol. The molecule has 1 saturated heterocycles. The first-order valence-electron chi connectivity index (χ1n) is 17.9. The fourth-order valence-electron chi connectivity index (χ4n) is 6.85. The molecule has 53 heavy (non-hydrogen) atoms. The molecule has 1 aliphatic heterocycles. The van der Waals surface area contributed by atoms with Gasteiger partial charge >= 0.3 is 12.1 Å². The number of hydrogen-bond acceptors (Lipinski definition) is 11. The fourth-order valence-corrected chi connectivity index (χ4v) is 8.39. The molecule has 3 saturated carbocycles. The Bertz CT molecular complexity index is 1850. The first-order chi connectivity index (χ1) is 25.1. The number of nitrogens with one attached hydrogen (secondary N) is 4. The van der Waals surface area contributed by atoms with Gasteiger partial charge in [-0.2, -0.15) is 9.97 Å². The summed E-state index contributed by atoms with van der Waals surface area (Å²) < 4.78 is 39.3. The van der Waals surface area contributed by atoms with Crippen molar-refractivity contribution < 1.29 is 37.1 Å². The highest BCUT2D eigenvalue weighted by atomic mass is 35.5. The number of likely N-dealkylation sites (tertiary alicyclic amines) is 1. The lowest BCUT2D eigenvalue weighted by atomic mass is 9.85. The molecule has 0 spiro atoms. The molecule has 5 atom stereocenters. The highest BCUT2D eigenvalue weighted by Gasteiger charge is 2.62. The molecule has 0 unspecified atom stereocenters. The van der Waals surface area contributed by atoms with Crippen molar-refractivity contribution in [1.29, 1.82) is 0 Å². The molecular weight excluding hydrogens is 726 g/mol. The van der Waals surface area contributed by atoms with E-state index in [4.69, 9.17) is 21.1 Å². The van der Waals surface area contributed by atoms with Gasteiger partial charge in [-0.15, -0.1) is 6.58 Å². The molecule has 4 N–H and O–H groups in total. The lowest BCUT2D eigenvalue weighted by molar-refractivity contribution is -0.143. The molecule has 4 aliphatic rings. The van der Waals surface area contributed by atoms with Crippen LogP contribution in [0.3, 0.4) is 0 Å². The SMILES string of the molecule is C=C[C@@H]1C[C@]1(NC(=O)[C@@H]1C[C@@H](Oc2nc(Cl)cc(Nc3ccccc3)n2)CN1C(=O)[C@@H](NC(=O)OC1CCCC1)C(C)(C)C)C(=O)NS(=O)(=O)C1CC1. The number of ether oxygens (including phenoxy) is 2. The summed E-state index contributed by atoms with van der Waals surface area (Å²) in [5.74, 6) is -2.32. The number of aromatic nitrogens is 2. The lowest BCUT2D eigenvalue weighted by Gasteiger charge is -2.35. The van der Waals surface area contributed by atoms with Crippen LogP contribution < -0.4 is 25.4 Å². The number of nitrogens with zero attached hydrogens (tertiary/aromatic N) is 3. The van der Waals surface area contributed by atoms with Gasteiger partial charge in [0.15, 0.2) is 0 Å². The van der Waals surface area contributed by atoms with Crippen molar-refractivity contribution in [3.63, 3.8) is 0 Å². The molecule has 4 fully saturated rings. The highest BCUT2D eigenvalue weighted by Crippen LogP contribution is 2.45. The van der Waals surface area contributed by atoms with Crippen LogP contribution in [0.2, 0.25) is 5.15 Å². The van der Waals surface area contributed by atoms with Gasteiger partial charge in [-0.3, -0.25) is 19.1 Å². The number of carbonyl (C=O) groups is 4. The maximum atomic E-state index is 14.5. The van der Waals surface area contributed by atoms with Crippen LogP contribution in [0.25, 0.3) is 0 Å². The third-order valence-corrected chi connectivity index (χ3v) is 12.1. The summed E-state index contributed by atoms with van der Waals surface area (Å²) in [7, 11) is -3.91. The molecule has 1 aromatic heterocycles. The Labute approximate surface area is 314 Å². The smallest absolute Gasteiger partial charge is 0.408 e. The van der Waals surface area contributed by atoms with E-state index < -0.39 is 74.1 Å². The van der Waals surface area contributed by atoms with Crippen LogP contribution in [-0.4, -0.2) is 88.7 Å². The van der Waals surface area contributed by atoms with Crippen molar-refractivity contribution in [3.8, 4) is 6.01 Å². The summed E-state index contributed by atoms with van der Waals surface area (Å²) >= 11 is 6.33. The fraction of sp³-hybridized carbons (Fsp3) is 0.556. The monoisotopic (exact) mass is 771 g/mol. The Balaban J connectivity index is 1.25. The minimum Gasteiger partial charge on any atom is -0.458 e. The Hall–Kier alpha value is -4.44. The molecule has 0 bridgehead atoms. The van der Waals surface area contributed by atoms with E-state index in [2.05, 4.69) is 37.2 Å². The third kappa shape index (κ3) is 9.03. The zero-order valence-electron chi connectivity index (χ0n) is 30.0. The molecule has 2 heterocycles. The van der Waals surface area contributed by atoms with E-state index in [0.29, 0.717) is 18.7 Å². The summed E-state index contributed by atoms with van der Waals surface area (Å²) in [6, 6.07) is 8.37. The van der Waals surface area contributed by atoms with Crippen molar-refractivity contribution in [2.24, 2.45) is 11.3 Å². The Morgan fingerprint density at radius 3 is 2.38 bits per heavy atom. The van der Waals surface area contributed by atoms with Gasteiger partial charge in [0, 0.05) is 24.1 Å². The molecule has 4 amide bonds. The average Bonchev–Trinajstić information content (AvgIpc) is 3.97. The van der Waals surface area contributed by atoms with Crippen molar-refractivity contribution in [3.05, 3.63) is 54.2 Å². The van der Waals surface area contributed by atoms with Gasteiger partial charge in [0.2, 0.25) is 21.8 Å². The summed E-state index contributed by atoms with van der Waals surface area (Å²) in [4.78, 5) is 65.2. The maximum absolute atomic E-state index is 14.5. The number of amides is 4. The highest BCUT2D eigenvalue weighted by molar-refractivity contribution is 7.91. The van der Waals surface area contributed by atoms with Gasteiger partial charge in [-0.1, -0.05) is 56.6 Å². The summed E-state index contributed by atoms with van der Waals surface area (Å²) in [5.41, 5.74) is -1.65. The topological polar surface area (TPSA) is 198 Å². The van der Waals surface area contributed by atoms with Gasteiger partial charge in [0.25, 0.3) is 5.91 Å². The summed E-state index contributed by atoms with van der Waals surface area (Å²) in [6.45, 7) is 8.99. The molecule has 286 valence electrons. The molecule has 0 radical (unpaired) electrons. The van der Waals surface area contributed by atoms with Gasteiger partial charge in [-0.25, -0.2) is 13.2 Å². The number of alkyl carbamates (subject to hydrolysis) is 1. The van der Waals surface area contributed by atoms with Gasteiger partial charge in [-0.05, 0) is 62.5 Å². The first-order valence-corrected chi connectivity index (χ1v) is 19.8. The largest absolute Gasteiger partial charge is 0.458 e. The van der Waals surface area contributed by atoms with E-state index in [1.165, 1.54) is 17.0 Å². The number of sulfonamides is 1. The standard InChI is InChI=1S/C36H46ClN7O8S/c1-5-21-19-36(21,32(47)43-53(49,50)25-15-16-25)42-30(45)26-17-24(51-33-39-27(37)18-28(40-33)38-22-11-7-6-8-12-22)20-44(26)31(46)29(35(2,3)4)41-34(48)52-23-13-9-10-14-23/h5-8,11-12,18,21,23-26,29H,1,9-10,13-17,19-20H2,2-4H3,(H,41,48)(H,42,45)(H,43,47)(H,38,39,40)/t21-,24-,26+,29-,36-/m1/s1. The second kappa shape index (κ2) is 15.1. The normalized spacial score (nSPS) is 24.8. The van der Waals surface area contributed by atoms with Crippen LogP contribution in [0.5, 0.6) is 6.01 Å². The molecular formula is C36H46ClN7O8S. The molecule has 2 aromatic rings. The Kier molecular flexibility index (Phi) is 10.9. The van der Waals surface area contributed by atoms with Crippen LogP contribution in [-0.2, 0) is 29.1 Å². The van der Waals surface area contributed by atoms with Crippen LogP contribution in [0.4, 0.5) is 16.3 Å². The second-order valence-corrected chi connectivity index (χ2v) is 17.6. The number of anilines is 2. The number of carbonyl (C=O) groups excluding carboxylic acids is 4. The third-order valence-electron chi connectivity index (χ3n) is 10.0. The lowest BCUT2D eigenvalue weighted by Crippen LogP contribution is -2.60. The number of rotatable bonds is 13. The Morgan fingerprint density at radius 2 is 1.75 bits per heavy atom. The predicted octanol–water partition coefficient (Wildman–Crippen LogP) is 3.97. The minimum atomic E-state index is -3.91. The molecule has 17 heteroatoms. The second-order valence-electron chi connectivity index (χ2n) is 15.3. The maximum Gasteiger partial charge on any atom is 0.408 e. The molecule has 15 nitrogen and oxygen atoms in total. The van der Waals surface area contributed by atoms with E-state index >= 15 is 0 Å². The van der Waals surface area contributed by atoms with Crippen LogP contribution in [0.15, 0.2) is 49.1 Å². The van der Waals surface area contributed by atoms with Crippen molar-refractivity contribution in [1.82, 2.24) is 30.2 Å². The Morgan fingerprint density at radius 1 is 1.06 bits per heavy atom. The van der Waals surface area contributed by atoms with Crippen LogP contribution in [0.1, 0.15) is 72.1 Å². The van der Waals surface area contributed by atoms with Gasteiger partial charge < -0.3 is 30.3 Å². The summed E-state index contributed by atoms with van der Waals surface area (Å²) in [5, 5.41) is 8.07. The van der Waals surface area contributed by atoms with Gasteiger partial charge in [0.1, 0.15) is 40.8 Å². The molecule has 3 aliphatic carbocycles. The number of para-hydroxylation sites is 1. The van der Waals surface area contributed by atoms with Crippen LogP contribution >= 0.6 is 11.6 Å². The van der Waals surface area contributed by atoms with E-state index in [9.17, 15) is 27.6 Å². The van der Waals surface area contributed by atoms with E-state index in [1.54, 1.807) is 20.8 Å². The van der Waals surface area contributed by atoms with Gasteiger partial charge in [0.05, 0.1) is 11.8 Å². The molecule has 1 aromatic carbocycles. The van der Waals surface area contributed by atoms with Crippen molar-refractivity contribution in [2.75, 3.05) is 11.9 Å². The molecule has 6 rings (SSSR count). The predicted molar refractivity (Wildman–Crippen MR) is 196 cm³/mol. The van der Waals surface area contributed by atoms with Crippen LogP contribution in [0, 0.1) is 11.3 Å². The van der Waals surface area contributed by atoms with Crippen molar-refractivity contribution in [2.45, 2.75) is 107 Å². The minimum absolute atomic E-state index is 0.0465. The zero-order chi connectivity index (χ0) is 38.1. The first kappa shape index (κ1) is 38.3. The number of hydrogen-bond donors (Lipinski definition) is 4. The quantitative estimate of drug-likeness (QED) is 0.170. The van der Waals surface area contributed by atoms with Crippen molar-refractivity contribution >= 4 is 56.9 Å². The van der Waals surface area contributed by atoms with E-state index in [1.807, 2.05) is 30.3 Å². The zero-order valence-corrected chi connectivity index (χ0v) is 31.5. The van der Waals surface area contributed by atoms with E-state index in [-0.39, 0.29) is 36.7 Å². The summed E-state index contributed by atoms with van der Waals surface area (Å²) in [6.07, 6.45) is 4.05. The number of halogens is 1. The number of benzene rings is 1. The van der Waals surface area contributed by atoms with E-state index in [0.717, 1.165) is 31.4 Å².